The van der Waals surface area contributed by atoms with Crippen molar-refractivity contribution in [3.05, 3.63) is 0 Å². The molecule has 0 amide bonds. The molecular formula is C10H21NO3S. The lowest BCUT2D eigenvalue weighted by molar-refractivity contribution is -0.121. The molecule has 0 saturated heterocycles. The molecule has 0 aliphatic heterocycles. The highest BCUT2D eigenvalue weighted by Gasteiger charge is 2.19. The van der Waals surface area contributed by atoms with Crippen molar-refractivity contribution in [3.8, 4) is 0 Å². The van der Waals surface area contributed by atoms with Gasteiger partial charge >= 0.3 is 0 Å². The fourth-order valence-corrected chi connectivity index (χ4v) is 2.10. The van der Waals surface area contributed by atoms with E-state index in [1.165, 1.54) is 0 Å². The van der Waals surface area contributed by atoms with E-state index in [4.69, 9.17) is 0 Å². The Morgan fingerprint density at radius 1 is 1.27 bits per heavy atom. The Bertz CT molecular complexity index is 296. The fourth-order valence-electron chi connectivity index (χ4n) is 1.14. The molecule has 0 aliphatic rings. The van der Waals surface area contributed by atoms with E-state index in [-0.39, 0.29) is 23.9 Å². The summed E-state index contributed by atoms with van der Waals surface area (Å²) in [4.78, 5) is 11.5. The van der Waals surface area contributed by atoms with Gasteiger partial charge in [-0.3, -0.25) is 4.79 Å². The summed E-state index contributed by atoms with van der Waals surface area (Å²) in [6, 6.07) is 0. The SMILES string of the molecule is CNCC(C)C(=O)CCS(=O)(=O)C(C)C. The predicted octanol–water partition coefficient (Wildman–Crippen LogP) is 0.624. The molecule has 0 saturated carbocycles. The number of nitrogens with one attached hydrogen (secondary N) is 1. The molecule has 1 atom stereocenters. The number of Topliss-reactive ketones (excluding diaryl/α,β-unsaturated/α-hetero) is 1. The lowest BCUT2D eigenvalue weighted by Crippen LogP contribution is -2.26. The number of hydrogen-bond acceptors (Lipinski definition) is 4. The maximum Gasteiger partial charge on any atom is 0.153 e. The maximum absolute atomic E-state index is 11.5. The molecule has 0 rings (SSSR count). The first-order valence-corrected chi connectivity index (χ1v) is 6.91. The van der Waals surface area contributed by atoms with Crippen LogP contribution < -0.4 is 5.32 Å². The molecular weight excluding hydrogens is 214 g/mol. The molecule has 5 heteroatoms. The van der Waals surface area contributed by atoms with Gasteiger partial charge in [0.1, 0.15) is 5.78 Å². The molecule has 0 spiro atoms. The molecule has 0 aromatic heterocycles. The third-order valence-electron chi connectivity index (χ3n) is 2.41. The number of hydrogen-bond donors (Lipinski definition) is 1. The largest absolute Gasteiger partial charge is 0.319 e. The van der Waals surface area contributed by atoms with Crippen LogP contribution in [0.2, 0.25) is 0 Å². The number of sulfone groups is 1. The van der Waals surface area contributed by atoms with Crippen molar-refractivity contribution in [1.29, 1.82) is 0 Å². The molecule has 15 heavy (non-hydrogen) atoms. The van der Waals surface area contributed by atoms with Crippen molar-refractivity contribution < 1.29 is 13.2 Å². The summed E-state index contributed by atoms with van der Waals surface area (Å²) in [6.07, 6.45) is 0.128. The van der Waals surface area contributed by atoms with Crippen LogP contribution in [0, 0.1) is 5.92 Å². The number of rotatable bonds is 7. The average molecular weight is 235 g/mol. The fraction of sp³-hybridized carbons (Fsp3) is 0.900. The Balaban J connectivity index is 4.12. The molecule has 0 aromatic carbocycles. The molecule has 0 fully saturated rings. The highest BCUT2D eigenvalue weighted by atomic mass is 32.2. The van der Waals surface area contributed by atoms with Crippen molar-refractivity contribution in [2.75, 3.05) is 19.3 Å². The molecule has 0 aliphatic carbocycles. The molecule has 0 radical (unpaired) electrons. The first kappa shape index (κ1) is 14.6. The molecule has 0 bridgehead atoms. The van der Waals surface area contributed by atoms with Gasteiger partial charge in [0, 0.05) is 18.9 Å². The second kappa shape index (κ2) is 6.23. The summed E-state index contributed by atoms with van der Waals surface area (Å²) in [5, 5.41) is 2.50. The van der Waals surface area contributed by atoms with Gasteiger partial charge in [0.05, 0.1) is 11.0 Å². The van der Waals surface area contributed by atoms with Crippen LogP contribution in [0.1, 0.15) is 27.2 Å². The van der Waals surface area contributed by atoms with Crippen molar-refractivity contribution in [2.24, 2.45) is 5.92 Å². The lowest BCUT2D eigenvalue weighted by atomic mass is 10.1. The van der Waals surface area contributed by atoms with Gasteiger partial charge in [0.2, 0.25) is 0 Å². The van der Waals surface area contributed by atoms with E-state index in [1.54, 1.807) is 27.8 Å². The van der Waals surface area contributed by atoms with Gasteiger partial charge < -0.3 is 5.32 Å². The quantitative estimate of drug-likeness (QED) is 0.703. The molecule has 4 nitrogen and oxygen atoms in total. The topological polar surface area (TPSA) is 63.2 Å². The van der Waals surface area contributed by atoms with E-state index >= 15 is 0 Å². The van der Waals surface area contributed by atoms with Gasteiger partial charge in [-0.05, 0) is 20.9 Å². The van der Waals surface area contributed by atoms with Crippen LogP contribution in [0.3, 0.4) is 0 Å². The lowest BCUT2D eigenvalue weighted by Gasteiger charge is -2.11. The van der Waals surface area contributed by atoms with Crippen LogP contribution in [-0.2, 0) is 14.6 Å². The second-order valence-corrected chi connectivity index (χ2v) is 6.77. The second-order valence-electron chi connectivity index (χ2n) is 4.09. The van der Waals surface area contributed by atoms with Crippen LogP contribution in [-0.4, -0.2) is 38.8 Å². The third kappa shape index (κ3) is 5.28. The van der Waals surface area contributed by atoms with E-state index in [0.29, 0.717) is 6.54 Å². The highest BCUT2D eigenvalue weighted by molar-refractivity contribution is 7.91. The predicted molar refractivity (Wildman–Crippen MR) is 61.6 cm³/mol. The highest BCUT2D eigenvalue weighted by Crippen LogP contribution is 2.06. The summed E-state index contributed by atoms with van der Waals surface area (Å²) < 4.78 is 22.9. The zero-order chi connectivity index (χ0) is 12.1. The summed E-state index contributed by atoms with van der Waals surface area (Å²) >= 11 is 0. The molecule has 90 valence electrons. The van der Waals surface area contributed by atoms with Gasteiger partial charge in [-0.2, -0.15) is 0 Å². The Morgan fingerprint density at radius 3 is 2.20 bits per heavy atom. The van der Waals surface area contributed by atoms with Crippen LogP contribution in [0.4, 0.5) is 0 Å². The average Bonchev–Trinajstić information content (AvgIpc) is 2.14. The number of carbonyl (C=O) groups is 1. The zero-order valence-electron chi connectivity index (χ0n) is 9.91. The summed E-state index contributed by atoms with van der Waals surface area (Å²) in [6.45, 7) is 5.68. The molecule has 0 aromatic rings. The normalized spacial score (nSPS) is 14.2. The van der Waals surface area contributed by atoms with Crippen LogP contribution in [0.25, 0.3) is 0 Å². The van der Waals surface area contributed by atoms with Crippen molar-refractivity contribution >= 4 is 15.6 Å². The minimum Gasteiger partial charge on any atom is -0.319 e. The van der Waals surface area contributed by atoms with Crippen molar-refractivity contribution in [2.45, 2.75) is 32.4 Å². The van der Waals surface area contributed by atoms with Crippen molar-refractivity contribution in [1.82, 2.24) is 5.32 Å². The van der Waals surface area contributed by atoms with E-state index in [1.807, 2.05) is 0 Å². The Morgan fingerprint density at radius 2 is 1.80 bits per heavy atom. The Hall–Kier alpha value is -0.420. The Kier molecular flexibility index (Phi) is 6.05. The number of ketones is 1. The van der Waals surface area contributed by atoms with Gasteiger partial charge in [-0.25, -0.2) is 8.42 Å². The van der Waals surface area contributed by atoms with Crippen molar-refractivity contribution in [3.63, 3.8) is 0 Å². The summed E-state index contributed by atoms with van der Waals surface area (Å²) in [7, 11) is -1.31. The standard InChI is InChI=1S/C10H21NO3S/c1-8(2)15(13,14)6-5-10(12)9(3)7-11-4/h8-9,11H,5-7H2,1-4H3. The molecule has 1 unspecified atom stereocenters. The summed E-state index contributed by atoms with van der Waals surface area (Å²) in [5.74, 6) is -0.136. The van der Waals surface area contributed by atoms with Gasteiger partial charge in [0.15, 0.2) is 9.84 Å². The van der Waals surface area contributed by atoms with Crippen LogP contribution in [0.15, 0.2) is 0 Å². The van der Waals surface area contributed by atoms with Gasteiger partial charge in [-0.15, -0.1) is 0 Å². The van der Waals surface area contributed by atoms with Gasteiger partial charge in [0.25, 0.3) is 0 Å². The van der Waals surface area contributed by atoms with Crippen LogP contribution >= 0.6 is 0 Å². The van der Waals surface area contributed by atoms with Gasteiger partial charge in [-0.1, -0.05) is 6.92 Å². The first-order valence-electron chi connectivity index (χ1n) is 5.20. The molecule has 0 heterocycles. The first-order chi connectivity index (χ1) is 6.81. The third-order valence-corrected chi connectivity index (χ3v) is 4.62. The maximum atomic E-state index is 11.5. The van der Waals surface area contributed by atoms with E-state index in [2.05, 4.69) is 5.32 Å². The zero-order valence-corrected chi connectivity index (χ0v) is 10.7. The Labute approximate surface area is 92.4 Å². The van der Waals surface area contributed by atoms with E-state index in [0.717, 1.165) is 0 Å². The van der Waals surface area contributed by atoms with Crippen LogP contribution in [0.5, 0.6) is 0 Å². The monoisotopic (exact) mass is 235 g/mol. The smallest absolute Gasteiger partial charge is 0.153 e. The van der Waals surface area contributed by atoms with E-state index in [9.17, 15) is 13.2 Å². The number of carbonyl (C=O) groups excluding carboxylic acids is 1. The van der Waals surface area contributed by atoms with E-state index < -0.39 is 15.1 Å². The minimum atomic E-state index is -3.08. The minimum absolute atomic E-state index is 0.00794. The summed E-state index contributed by atoms with van der Waals surface area (Å²) in [5.41, 5.74) is 0. The molecule has 1 N–H and O–H groups in total.